The third kappa shape index (κ3) is 5.09. The van der Waals surface area contributed by atoms with E-state index in [2.05, 4.69) is 29.2 Å². The van der Waals surface area contributed by atoms with E-state index < -0.39 is 0 Å². The molecule has 0 radical (unpaired) electrons. The van der Waals surface area contributed by atoms with E-state index in [1.165, 1.54) is 16.9 Å². The average Bonchev–Trinajstić information content (AvgIpc) is 3.62. The summed E-state index contributed by atoms with van der Waals surface area (Å²) in [7, 11) is 0. The zero-order chi connectivity index (χ0) is 25.9. The van der Waals surface area contributed by atoms with Crippen molar-refractivity contribution in [2.75, 3.05) is 26.2 Å². The van der Waals surface area contributed by atoms with Crippen molar-refractivity contribution < 1.29 is 9.90 Å². The molecule has 0 atom stereocenters. The summed E-state index contributed by atoms with van der Waals surface area (Å²) in [6.07, 6.45) is 0. The van der Waals surface area contributed by atoms with Crippen LogP contribution in [0.4, 0.5) is 0 Å². The monoisotopic (exact) mass is 521 g/mol. The highest BCUT2D eigenvalue weighted by molar-refractivity contribution is 7.12. The molecule has 1 aliphatic rings. The van der Waals surface area contributed by atoms with Crippen molar-refractivity contribution in [3.05, 3.63) is 108 Å². The second-order valence-electron chi connectivity index (χ2n) is 9.31. The van der Waals surface area contributed by atoms with E-state index in [4.69, 9.17) is 10.1 Å². The Labute approximate surface area is 225 Å². The lowest BCUT2D eigenvalue weighted by Gasteiger charge is -2.34. The van der Waals surface area contributed by atoms with Crippen molar-refractivity contribution in [1.82, 2.24) is 24.6 Å². The van der Waals surface area contributed by atoms with Crippen LogP contribution in [0.1, 0.15) is 16.1 Å². The SMILES string of the molecule is O=C(c1cc(-c2ccccc2)n(-c2nc(-c3cccc(O)c3)cs2)n1)N1CCN(Cc2ccccc2)CC1. The summed E-state index contributed by atoms with van der Waals surface area (Å²) in [4.78, 5) is 22.6. The van der Waals surface area contributed by atoms with Crippen molar-refractivity contribution in [2.45, 2.75) is 6.54 Å². The van der Waals surface area contributed by atoms with Gasteiger partial charge in [0, 0.05) is 49.2 Å². The number of aromatic hydroxyl groups is 1. The van der Waals surface area contributed by atoms with Crippen LogP contribution in [0.2, 0.25) is 0 Å². The molecule has 5 aromatic rings. The minimum Gasteiger partial charge on any atom is -0.508 e. The number of thiazole rings is 1. The topological polar surface area (TPSA) is 74.5 Å². The number of amides is 1. The van der Waals surface area contributed by atoms with Gasteiger partial charge in [-0.25, -0.2) is 9.67 Å². The predicted molar refractivity (Wildman–Crippen MR) is 149 cm³/mol. The number of phenolic OH excluding ortho intramolecular Hbond substituents is 1. The Morgan fingerprint density at radius 3 is 2.29 bits per heavy atom. The normalized spacial score (nSPS) is 14.1. The van der Waals surface area contributed by atoms with Gasteiger partial charge in [0.1, 0.15) is 5.75 Å². The molecule has 38 heavy (non-hydrogen) atoms. The average molecular weight is 522 g/mol. The summed E-state index contributed by atoms with van der Waals surface area (Å²) in [6, 6.07) is 29.2. The number of hydrogen-bond acceptors (Lipinski definition) is 6. The second kappa shape index (κ2) is 10.6. The van der Waals surface area contributed by atoms with Gasteiger partial charge in [-0.2, -0.15) is 5.10 Å². The van der Waals surface area contributed by atoms with Crippen LogP contribution in [-0.4, -0.2) is 61.8 Å². The van der Waals surface area contributed by atoms with Gasteiger partial charge in [-0.1, -0.05) is 72.8 Å². The lowest BCUT2D eigenvalue weighted by molar-refractivity contribution is 0.0622. The van der Waals surface area contributed by atoms with Gasteiger partial charge in [-0.05, 0) is 23.8 Å². The van der Waals surface area contributed by atoms with Gasteiger partial charge < -0.3 is 10.0 Å². The fourth-order valence-corrected chi connectivity index (χ4v) is 5.51. The number of rotatable bonds is 6. The molecule has 1 amide bonds. The summed E-state index contributed by atoms with van der Waals surface area (Å²) >= 11 is 1.45. The summed E-state index contributed by atoms with van der Waals surface area (Å²) in [5.41, 5.74) is 5.04. The van der Waals surface area contributed by atoms with E-state index in [0.29, 0.717) is 23.9 Å². The molecular weight excluding hydrogens is 494 g/mol. The van der Waals surface area contributed by atoms with Crippen LogP contribution in [0.25, 0.3) is 27.6 Å². The van der Waals surface area contributed by atoms with Gasteiger partial charge in [0.25, 0.3) is 5.91 Å². The van der Waals surface area contributed by atoms with Crippen molar-refractivity contribution in [3.8, 4) is 33.4 Å². The quantitative estimate of drug-likeness (QED) is 0.327. The van der Waals surface area contributed by atoms with Gasteiger partial charge in [0.05, 0.1) is 11.4 Å². The summed E-state index contributed by atoms with van der Waals surface area (Å²) in [5, 5.41) is 17.2. The Hall–Kier alpha value is -4.27. The number of aromatic nitrogens is 3. The number of phenols is 1. The largest absolute Gasteiger partial charge is 0.508 e. The molecular formula is C30H27N5O2S. The van der Waals surface area contributed by atoms with E-state index in [1.54, 1.807) is 22.9 Å². The predicted octanol–water partition coefficient (Wildman–Crippen LogP) is 5.33. The molecule has 0 saturated carbocycles. The molecule has 190 valence electrons. The van der Waals surface area contributed by atoms with Crippen LogP contribution in [-0.2, 0) is 6.54 Å². The Morgan fingerprint density at radius 2 is 1.55 bits per heavy atom. The molecule has 7 nitrogen and oxygen atoms in total. The molecule has 1 aliphatic heterocycles. The number of nitrogens with zero attached hydrogens (tertiary/aromatic N) is 5. The molecule has 3 aromatic carbocycles. The van der Waals surface area contributed by atoms with Gasteiger partial charge in [-0.3, -0.25) is 9.69 Å². The van der Waals surface area contributed by atoms with Crippen LogP contribution < -0.4 is 0 Å². The maximum absolute atomic E-state index is 13.5. The molecule has 1 saturated heterocycles. The molecule has 0 spiro atoms. The van der Waals surface area contributed by atoms with Crippen molar-refractivity contribution in [1.29, 1.82) is 0 Å². The first-order valence-electron chi connectivity index (χ1n) is 12.6. The standard InChI is InChI=1S/C30H27N5O2S/c36-25-13-7-12-24(18-25)27-21-38-30(31-27)35-28(23-10-5-2-6-11-23)19-26(32-35)29(37)34-16-14-33(15-17-34)20-22-8-3-1-4-9-22/h1-13,18-19,21,36H,14-17,20H2. The molecule has 0 aliphatic carbocycles. The zero-order valence-corrected chi connectivity index (χ0v) is 21.6. The van der Waals surface area contributed by atoms with Gasteiger partial charge >= 0.3 is 0 Å². The summed E-state index contributed by atoms with van der Waals surface area (Å²) in [5.74, 6) is 0.128. The number of piperazine rings is 1. The maximum atomic E-state index is 13.5. The Kier molecular flexibility index (Phi) is 6.73. The lowest BCUT2D eigenvalue weighted by atomic mass is 10.1. The first-order chi connectivity index (χ1) is 18.6. The first-order valence-corrected chi connectivity index (χ1v) is 13.5. The van der Waals surface area contributed by atoms with Gasteiger partial charge in [0.15, 0.2) is 5.69 Å². The highest BCUT2D eigenvalue weighted by atomic mass is 32.1. The third-order valence-corrected chi connectivity index (χ3v) is 7.54. The third-order valence-electron chi connectivity index (χ3n) is 6.72. The van der Waals surface area contributed by atoms with Crippen LogP contribution in [0, 0.1) is 0 Å². The summed E-state index contributed by atoms with van der Waals surface area (Å²) < 4.78 is 1.76. The molecule has 1 N–H and O–H groups in total. The molecule has 1 fully saturated rings. The minimum absolute atomic E-state index is 0.0648. The number of benzene rings is 3. The molecule has 0 bridgehead atoms. The highest BCUT2D eigenvalue weighted by Crippen LogP contribution is 2.30. The Morgan fingerprint density at radius 1 is 0.842 bits per heavy atom. The highest BCUT2D eigenvalue weighted by Gasteiger charge is 2.26. The number of carbonyl (C=O) groups excluding carboxylic acids is 1. The van der Waals surface area contributed by atoms with Gasteiger partial charge in [0.2, 0.25) is 5.13 Å². The Bertz CT molecular complexity index is 1540. The molecule has 8 heteroatoms. The minimum atomic E-state index is -0.0648. The molecule has 3 heterocycles. The first kappa shape index (κ1) is 24.1. The maximum Gasteiger partial charge on any atom is 0.274 e. The number of carbonyl (C=O) groups is 1. The van der Waals surface area contributed by atoms with E-state index in [0.717, 1.165) is 42.1 Å². The molecule has 2 aromatic heterocycles. The van der Waals surface area contributed by atoms with E-state index in [9.17, 15) is 9.90 Å². The lowest BCUT2D eigenvalue weighted by Crippen LogP contribution is -2.48. The van der Waals surface area contributed by atoms with Crippen LogP contribution in [0.15, 0.2) is 96.4 Å². The molecule has 6 rings (SSSR count). The fourth-order valence-electron chi connectivity index (χ4n) is 4.72. The van der Waals surface area contributed by atoms with Crippen LogP contribution >= 0.6 is 11.3 Å². The Balaban J connectivity index is 1.25. The second-order valence-corrected chi connectivity index (χ2v) is 10.1. The van der Waals surface area contributed by atoms with Crippen LogP contribution in [0.5, 0.6) is 5.75 Å². The van der Waals surface area contributed by atoms with Crippen LogP contribution in [0.3, 0.4) is 0 Å². The van der Waals surface area contributed by atoms with Crippen molar-refractivity contribution >= 4 is 17.2 Å². The van der Waals surface area contributed by atoms with Crippen molar-refractivity contribution in [2.24, 2.45) is 0 Å². The fraction of sp³-hybridized carbons (Fsp3) is 0.167. The molecule has 0 unspecified atom stereocenters. The van der Waals surface area contributed by atoms with E-state index >= 15 is 0 Å². The van der Waals surface area contributed by atoms with E-state index in [1.807, 2.05) is 58.8 Å². The van der Waals surface area contributed by atoms with E-state index in [-0.39, 0.29) is 11.7 Å². The van der Waals surface area contributed by atoms with Gasteiger partial charge in [-0.15, -0.1) is 11.3 Å². The summed E-state index contributed by atoms with van der Waals surface area (Å²) in [6.45, 7) is 3.87. The number of hydrogen-bond donors (Lipinski definition) is 1. The smallest absolute Gasteiger partial charge is 0.274 e. The van der Waals surface area contributed by atoms with Crippen molar-refractivity contribution in [3.63, 3.8) is 0 Å². The zero-order valence-electron chi connectivity index (χ0n) is 20.8.